The van der Waals surface area contributed by atoms with E-state index in [-0.39, 0.29) is 5.00 Å². The van der Waals surface area contributed by atoms with Gasteiger partial charge in [-0.1, -0.05) is 0 Å². The highest BCUT2D eigenvalue weighted by Crippen LogP contribution is 2.30. The van der Waals surface area contributed by atoms with Gasteiger partial charge in [0.2, 0.25) is 0 Å². The Bertz CT molecular complexity index is 797. The summed E-state index contributed by atoms with van der Waals surface area (Å²) in [7, 11) is -4.21. The number of nitrogens with zero attached hydrogens (tertiary/aromatic N) is 1. The Morgan fingerprint density at radius 1 is 1.23 bits per heavy atom. The van der Waals surface area contributed by atoms with Crippen LogP contribution in [0.3, 0.4) is 0 Å². The van der Waals surface area contributed by atoms with Crippen LogP contribution in [0.15, 0.2) is 34.7 Å². The monoisotopic (exact) mass is 352 g/mol. The second-order valence-corrected chi connectivity index (χ2v) is 6.50. The third-order valence-electron chi connectivity index (χ3n) is 2.49. The standard InChI is InChI=1S/C11H7F3N2O4S2/c12-11(13,14)6-1-3-7(4-2-6)22(19,20)16-9-8(10(17)18)15-5-21-9/h1-5,16H,(H,17,18). The van der Waals surface area contributed by atoms with Crippen molar-refractivity contribution in [2.24, 2.45) is 0 Å². The molecule has 0 aliphatic carbocycles. The predicted molar refractivity (Wildman–Crippen MR) is 71.3 cm³/mol. The molecule has 0 atom stereocenters. The minimum Gasteiger partial charge on any atom is -0.476 e. The van der Waals surface area contributed by atoms with Crippen molar-refractivity contribution in [3.63, 3.8) is 0 Å². The predicted octanol–water partition coefficient (Wildman–Crippen LogP) is 2.66. The van der Waals surface area contributed by atoms with Crippen LogP contribution in [0.2, 0.25) is 0 Å². The highest BCUT2D eigenvalue weighted by Gasteiger charge is 2.30. The molecule has 0 spiro atoms. The van der Waals surface area contributed by atoms with Crippen molar-refractivity contribution in [2.45, 2.75) is 11.1 Å². The second kappa shape index (κ2) is 5.57. The van der Waals surface area contributed by atoms with Crippen LogP contribution < -0.4 is 4.72 Å². The molecule has 1 aromatic heterocycles. The number of sulfonamides is 1. The maximum Gasteiger partial charge on any atom is 0.416 e. The first-order valence-electron chi connectivity index (χ1n) is 5.48. The molecule has 2 rings (SSSR count). The van der Waals surface area contributed by atoms with E-state index in [4.69, 9.17) is 5.11 Å². The first kappa shape index (κ1) is 16.2. The molecule has 0 aliphatic rings. The van der Waals surface area contributed by atoms with Gasteiger partial charge in [0.15, 0.2) is 5.69 Å². The zero-order valence-corrected chi connectivity index (χ0v) is 12.1. The first-order valence-corrected chi connectivity index (χ1v) is 7.84. The van der Waals surface area contributed by atoms with Crippen molar-refractivity contribution in [1.29, 1.82) is 0 Å². The summed E-state index contributed by atoms with van der Waals surface area (Å²) >= 11 is 0.745. The number of hydrogen-bond donors (Lipinski definition) is 2. The largest absolute Gasteiger partial charge is 0.476 e. The van der Waals surface area contributed by atoms with Crippen molar-refractivity contribution in [3.8, 4) is 0 Å². The van der Waals surface area contributed by atoms with E-state index in [0.29, 0.717) is 12.1 Å². The second-order valence-electron chi connectivity index (χ2n) is 3.96. The third-order valence-corrected chi connectivity index (χ3v) is 4.73. The maximum atomic E-state index is 12.4. The van der Waals surface area contributed by atoms with Gasteiger partial charge in [-0.2, -0.15) is 13.2 Å². The van der Waals surface area contributed by atoms with Gasteiger partial charge in [-0.15, -0.1) is 11.3 Å². The lowest BCUT2D eigenvalue weighted by atomic mass is 10.2. The van der Waals surface area contributed by atoms with Crippen molar-refractivity contribution in [2.75, 3.05) is 4.72 Å². The van der Waals surface area contributed by atoms with Gasteiger partial charge in [-0.05, 0) is 24.3 Å². The Hall–Kier alpha value is -2.14. The SMILES string of the molecule is O=C(O)c1ncsc1NS(=O)(=O)c1ccc(C(F)(F)F)cc1. The number of thiazole rings is 1. The van der Waals surface area contributed by atoms with E-state index in [1.54, 1.807) is 0 Å². The number of halogens is 3. The fourth-order valence-corrected chi connectivity index (χ4v) is 3.46. The number of benzene rings is 1. The van der Waals surface area contributed by atoms with Gasteiger partial charge >= 0.3 is 12.1 Å². The number of aromatic nitrogens is 1. The molecule has 22 heavy (non-hydrogen) atoms. The summed E-state index contributed by atoms with van der Waals surface area (Å²) in [6.07, 6.45) is -4.58. The van der Waals surface area contributed by atoms with Gasteiger partial charge in [0, 0.05) is 0 Å². The van der Waals surface area contributed by atoms with Crippen LogP contribution in [0, 0.1) is 0 Å². The van der Waals surface area contributed by atoms with E-state index in [1.165, 1.54) is 0 Å². The van der Waals surface area contributed by atoms with Gasteiger partial charge in [-0.25, -0.2) is 18.2 Å². The highest BCUT2D eigenvalue weighted by molar-refractivity contribution is 7.93. The van der Waals surface area contributed by atoms with Crippen LogP contribution in [0.1, 0.15) is 16.1 Å². The van der Waals surface area contributed by atoms with Crippen molar-refractivity contribution < 1.29 is 31.5 Å². The first-order chi connectivity index (χ1) is 10.1. The van der Waals surface area contributed by atoms with Gasteiger partial charge in [0.05, 0.1) is 16.0 Å². The molecule has 11 heteroatoms. The average molecular weight is 352 g/mol. The molecule has 6 nitrogen and oxygen atoms in total. The molecule has 118 valence electrons. The molecule has 0 fully saturated rings. The summed E-state index contributed by atoms with van der Waals surface area (Å²) in [6, 6.07) is 2.82. The normalized spacial score (nSPS) is 12.1. The van der Waals surface area contributed by atoms with Gasteiger partial charge < -0.3 is 5.11 Å². The summed E-state index contributed by atoms with van der Waals surface area (Å²) in [6.45, 7) is 0. The number of hydrogen-bond acceptors (Lipinski definition) is 5. The molecule has 0 unspecified atom stereocenters. The van der Waals surface area contributed by atoms with Crippen molar-refractivity contribution in [3.05, 3.63) is 41.0 Å². The number of nitrogens with one attached hydrogen (secondary N) is 1. The lowest BCUT2D eigenvalue weighted by molar-refractivity contribution is -0.137. The fraction of sp³-hybridized carbons (Fsp3) is 0.0909. The van der Waals surface area contributed by atoms with Crippen LogP contribution >= 0.6 is 11.3 Å². The van der Waals surface area contributed by atoms with Crippen molar-refractivity contribution >= 4 is 32.3 Å². The molecule has 0 aliphatic heterocycles. The van der Waals surface area contributed by atoms with E-state index in [2.05, 4.69) is 4.98 Å². The van der Waals surface area contributed by atoms with Crippen LogP contribution in [0.25, 0.3) is 0 Å². The molecule has 0 amide bonds. The quantitative estimate of drug-likeness (QED) is 0.882. The van der Waals surface area contributed by atoms with E-state index in [9.17, 15) is 26.4 Å². The Kier molecular flexibility index (Phi) is 4.11. The van der Waals surface area contributed by atoms with E-state index < -0.39 is 38.3 Å². The molecular weight excluding hydrogens is 345 g/mol. The topological polar surface area (TPSA) is 96.4 Å². The molecule has 0 radical (unpaired) electrons. The van der Waals surface area contributed by atoms with Gasteiger partial charge in [-0.3, -0.25) is 4.72 Å². The Morgan fingerprint density at radius 2 is 1.82 bits per heavy atom. The van der Waals surface area contributed by atoms with Crippen LogP contribution in [-0.4, -0.2) is 24.5 Å². The van der Waals surface area contributed by atoms with Crippen LogP contribution in [-0.2, 0) is 16.2 Å². The summed E-state index contributed by atoms with van der Waals surface area (Å²) < 4.78 is 63.3. The van der Waals surface area contributed by atoms with E-state index >= 15 is 0 Å². The molecule has 0 saturated carbocycles. The van der Waals surface area contributed by atoms with E-state index in [0.717, 1.165) is 29.0 Å². The highest BCUT2D eigenvalue weighted by atomic mass is 32.2. The molecule has 0 saturated heterocycles. The maximum absolute atomic E-state index is 12.4. The minimum atomic E-state index is -4.58. The minimum absolute atomic E-state index is 0.229. The number of carboxylic acids is 1. The summed E-state index contributed by atoms with van der Waals surface area (Å²) in [4.78, 5) is 13.9. The number of carboxylic acid groups (broad SMARTS) is 1. The third kappa shape index (κ3) is 3.36. The van der Waals surface area contributed by atoms with Gasteiger partial charge in [0.25, 0.3) is 10.0 Å². The number of anilines is 1. The Labute approximate surface area is 126 Å². The van der Waals surface area contributed by atoms with Crippen molar-refractivity contribution in [1.82, 2.24) is 4.98 Å². The zero-order chi connectivity index (χ0) is 16.5. The lowest BCUT2D eigenvalue weighted by Gasteiger charge is -2.09. The number of rotatable bonds is 4. The summed E-state index contributed by atoms with van der Waals surface area (Å²) in [5.74, 6) is -1.42. The molecule has 0 bridgehead atoms. The molecule has 2 aromatic rings. The number of carbonyl (C=O) groups is 1. The molecule has 2 N–H and O–H groups in total. The summed E-state index contributed by atoms with van der Waals surface area (Å²) in [5, 5.41) is 8.60. The molecular formula is C11H7F3N2O4S2. The smallest absolute Gasteiger partial charge is 0.416 e. The fourth-order valence-electron chi connectivity index (χ4n) is 1.47. The molecule has 1 heterocycles. The van der Waals surface area contributed by atoms with Crippen LogP contribution in [0.5, 0.6) is 0 Å². The van der Waals surface area contributed by atoms with Crippen LogP contribution in [0.4, 0.5) is 18.2 Å². The average Bonchev–Trinajstić information content (AvgIpc) is 2.85. The number of alkyl halides is 3. The van der Waals surface area contributed by atoms with E-state index in [1.807, 2.05) is 4.72 Å². The zero-order valence-electron chi connectivity index (χ0n) is 10.5. The Morgan fingerprint density at radius 3 is 2.32 bits per heavy atom. The number of aromatic carboxylic acids is 1. The Balaban J connectivity index is 2.31. The van der Waals surface area contributed by atoms with Gasteiger partial charge in [0.1, 0.15) is 5.00 Å². The molecule has 1 aromatic carbocycles. The summed E-state index contributed by atoms with van der Waals surface area (Å²) in [5.41, 5.74) is -0.343. The lowest BCUT2D eigenvalue weighted by Crippen LogP contribution is -2.15.